The van der Waals surface area contributed by atoms with Crippen LogP contribution in [0.5, 0.6) is 0 Å². The monoisotopic (exact) mass is 408 g/mol. The van der Waals surface area contributed by atoms with Gasteiger partial charge in [-0.25, -0.2) is 0 Å². The number of carbonyl (C=O) groups is 3. The maximum atomic E-state index is 11.9. The Morgan fingerprint density at radius 2 is 1.56 bits per heavy atom. The molecule has 142 valence electrons. The van der Waals surface area contributed by atoms with Crippen molar-refractivity contribution in [3.8, 4) is 0 Å². The average molecular weight is 409 g/mol. The molecule has 2 aromatic rings. The Kier molecular flexibility index (Phi) is 7.64. The van der Waals surface area contributed by atoms with Gasteiger partial charge in [-0.2, -0.15) is 0 Å². The molecular weight excluding hydrogens is 391 g/mol. The van der Waals surface area contributed by atoms with Crippen LogP contribution in [0.3, 0.4) is 0 Å². The summed E-state index contributed by atoms with van der Waals surface area (Å²) in [5.41, 5.74) is 1.91. The molecule has 0 saturated carbocycles. The number of benzene rings is 2. The van der Waals surface area contributed by atoms with Gasteiger partial charge in [0.05, 0.1) is 22.2 Å². The maximum absolute atomic E-state index is 11.9. The van der Waals surface area contributed by atoms with E-state index in [9.17, 15) is 14.4 Å². The minimum absolute atomic E-state index is 0.110. The summed E-state index contributed by atoms with van der Waals surface area (Å²) >= 11 is 11.8. The van der Waals surface area contributed by atoms with E-state index in [0.29, 0.717) is 16.4 Å². The van der Waals surface area contributed by atoms with Gasteiger partial charge in [0.25, 0.3) is 5.91 Å². The number of halogens is 2. The number of carbonyl (C=O) groups excluding carboxylic acids is 3. The lowest BCUT2D eigenvalue weighted by atomic mass is 10.2. The summed E-state index contributed by atoms with van der Waals surface area (Å²) in [4.78, 5) is 35.4. The first-order valence-corrected chi connectivity index (χ1v) is 8.87. The highest BCUT2D eigenvalue weighted by molar-refractivity contribution is 6.43. The molecule has 0 bridgehead atoms. The molecule has 0 aliphatic carbocycles. The minimum atomic E-state index is -0.651. The van der Waals surface area contributed by atoms with Gasteiger partial charge in [0.1, 0.15) is 0 Å². The van der Waals surface area contributed by atoms with Gasteiger partial charge in [-0.3, -0.25) is 14.4 Å². The van der Waals surface area contributed by atoms with Gasteiger partial charge in [0.15, 0.2) is 6.61 Å². The first kappa shape index (κ1) is 20.7. The SMILES string of the molecule is Cc1ccccc1NC(=O)COC(=O)CCC(=O)Nc1cccc(Cl)c1Cl. The quantitative estimate of drug-likeness (QED) is 0.672. The van der Waals surface area contributed by atoms with E-state index in [0.717, 1.165) is 5.56 Å². The van der Waals surface area contributed by atoms with Crippen LogP contribution < -0.4 is 10.6 Å². The molecule has 2 amide bonds. The van der Waals surface area contributed by atoms with Crippen LogP contribution in [0.15, 0.2) is 42.5 Å². The van der Waals surface area contributed by atoms with Gasteiger partial charge >= 0.3 is 5.97 Å². The van der Waals surface area contributed by atoms with Crippen molar-refractivity contribution in [2.45, 2.75) is 19.8 Å². The second-order valence-corrected chi connectivity index (χ2v) is 6.46. The third-order valence-electron chi connectivity index (χ3n) is 3.57. The van der Waals surface area contributed by atoms with E-state index < -0.39 is 24.4 Å². The zero-order valence-electron chi connectivity index (χ0n) is 14.6. The van der Waals surface area contributed by atoms with Crippen LogP contribution in [-0.2, 0) is 19.1 Å². The van der Waals surface area contributed by atoms with Gasteiger partial charge in [0, 0.05) is 12.1 Å². The van der Waals surface area contributed by atoms with Crippen molar-refractivity contribution in [3.63, 3.8) is 0 Å². The largest absolute Gasteiger partial charge is 0.456 e. The normalized spacial score (nSPS) is 10.2. The summed E-state index contributed by atoms with van der Waals surface area (Å²) in [5, 5.41) is 5.76. The number of nitrogens with one attached hydrogen (secondary N) is 2. The highest BCUT2D eigenvalue weighted by atomic mass is 35.5. The number of ether oxygens (including phenoxy) is 1. The van der Waals surface area contributed by atoms with E-state index in [1.54, 1.807) is 30.3 Å². The lowest BCUT2D eigenvalue weighted by Gasteiger charge is -2.09. The zero-order valence-corrected chi connectivity index (χ0v) is 16.1. The van der Waals surface area contributed by atoms with E-state index in [1.165, 1.54) is 0 Å². The molecule has 0 fully saturated rings. The molecule has 27 heavy (non-hydrogen) atoms. The molecule has 6 nitrogen and oxygen atoms in total. The molecule has 2 rings (SSSR count). The number of amides is 2. The summed E-state index contributed by atoms with van der Waals surface area (Å²) in [5.74, 6) is -1.52. The molecule has 0 atom stereocenters. The van der Waals surface area contributed by atoms with Crippen molar-refractivity contribution in [1.82, 2.24) is 0 Å². The van der Waals surface area contributed by atoms with E-state index in [4.69, 9.17) is 27.9 Å². The minimum Gasteiger partial charge on any atom is -0.456 e. The second-order valence-electron chi connectivity index (χ2n) is 5.67. The first-order valence-electron chi connectivity index (χ1n) is 8.12. The Bertz CT molecular complexity index is 855. The molecule has 0 radical (unpaired) electrons. The smallest absolute Gasteiger partial charge is 0.306 e. The van der Waals surface area contributed by atoms with Gasteiger partial charge < -0.3 is 15.4 Å². The molecule has 0 spiro atoms. The number of rotatable bonds is 7. The Balaban J connectivity index is 1.72. The van der Waals surface area contributed by atoms with Gasteiger partial charge in [-0.05, 0) is 30.7 Å². The standard InChI is InChI=1S/C19H18Cl2N2O4/c1-12-5-2-3-7-14(12)22-17(25)11-27-18(26)10-9-16(24)23-15-8-4-6-13(20)19(15)21/h2-8H,9-11H2,1H3,(H,22,25)(H,23,24). The van der Waals surface area contributed by atoms with E-state index in [1.807, 2.05) is 19.1 Å². The number of esters is 1. The van der Waals surface area contributed by atoms with Crippen molar-refractivity contribution >= 4 is 52.4 Å². The molecule has 0 unspecified atom stereocenters. The van der Waals surface area contributed by atoms with Crippen LogP contribution in [-0.4, -0.2) is 24.4 Å². The van der Waals surface area contributed by atoms with Crippen LogP contribution in [0.4, 0.5) is 11.4 Å². The van der Waals surface area contributed by atoms with E-state index in [-0.39, 0.29) is 17.9 Å². The van der Waals surface area contributed by atoms with Crippen molar-refractivity contribution < 1.29 is 19.1 Å². The van der Waals surface area contributed by atoms with Gasteiger partial charge in [0.2, 0.25) is 5.91 Å². The summed E-state index contributed by atoms with van der Waals surface area (Å²) in [6, 6.07) is 12.1. The molecule has 0 saturated heterocycles. The molecule has 0 heterocycles. The fraction of sp³-hybridized carbons (Fsp3) is 0.211. The maximum Gasteiger partial charge on any atom is 0.306 e. The predicted molar refractivity (Wildman–Crippen MR) is 105 cm³/mol. The molecule has 2 aromatic carbocycles. The Hall–Kier alpha value is -2.57. The van der Waals surface area contributed by atoms with Crippen molar-refractivity contribution in [1.29, 1.82) is 0 Å². The number of aryl methyl sites for hydroxylation is 1. The summed E-state index contributed by atoms with van der Waals surface area (Å²) < 4.78 is 4.88. The summed E-state index contributed by atoms with van der Waals surface area (Å²) in [7, 11) is 0. The Morgan fingerprint density at radius 3 is 2.30 bits per heavy atom. The van der Waals surface area contributed by atoms with E-state index in [2.05, 4.69) is 10.6 Å². The van der Waals surface area contributed by atoms with Crippen LogP contribution in [0.1, 0.15) is 18.4 Å². The fourth-order valence-electron chi connectivity index (χ4n) is 2.15. The molecule has 0 aromatic heterocycles. The molecular formula is C19H18Cl2N2O4. The van der Waals surface area contributed by atoms with Gasteiger partial charge in [-0.15, -0.1) is 0 Å². The van der Waals surface area contributed by atoms with Crippen LogP contribution in [0, 0.1) is 6.92 Å². The Labute approximate surface area is 166 Å². The first-order chi connectivity index (χ1) is 12.9. The number of para-hydroxylation sites is 1. The van der Waals surface area contributed by atoms with E-state index >= 15 is 0 Å². The lowest BCUT2D eigenvalue weighted by molar-refractivity contribution is -0.147. The second kappa shape index (κ2) is 9.94. The molecule has 2 N–H and O–H groups in total. The third kappa shape index (κ3) is 6.58. The number of anilines is 2. The van der Waals surface area contributed by atoms with Crippen molar-refractivity contribution in [2.75, 3.05) is 17.2 Å². The highest BCUT2D eigenvalue weighted by Gasteiger charge is 2.13. The molecule has 0 aliphatic heterocycles. The van der Waals surface area contributed by atoms with Gasteiger partial charge in [-0.1, -0.05) is 47.5 Å². The number of hydrogen-bond acceptors (Lipinski definition) is 4. The van der Waals surface area contributed by atoms with Crippen LogP contribution >= 0.6 is 23.2 Å². The molecule has 0 aliphatic rings. The Morgan fingerprint density at radius 1 is 0.889 bits per heavy atom. The fourth-order valence-corrected chi connectivity index (χ4v) is 2.49. The summed E-state index contributed by atoms with van der Waals surface area (Å²) in [6.45, 7) is 1.43. The number of hydrogen-bond donors (Lipinski definition) is 2. The average Bonchev–Trinajstić information content (AvgIpc) is 2.64. The van der Waals surface area contributed by atoms with Crippen molar-refractivity contribution in [3.05, 3.63) is 58.1 Å². The topological polar surface area (TPSA) is 84.5 Å². The van der Waals surface area contributed by atoms with Crippen LogP contribution in [0.2, 0.25) is 10.0 Å². The van der Waals surface area contributed by atoms with Crippen LogP contribution in [0.25, 0.3) is 0 Å². The highest BCUT2D eigenvalue weighted by Crippen LogP contribution is 2.29. The summed E-state index contributed by atoms with van der Waals surface area (Å²) in [6.07, 6.45) is -0.275. The third-order valence-corrected chi connectivity index (χ3v) is 4.38. The molecule has 8 heteroatoms. The zero-order chi connectivity index (χ0) is 19.8. The van der Waals surface area contributed by atoms with Crippen molar-refractivity contribution in [2.24, 2.45) is 0 Å². The predicted octanol–water partition coefficient (Wildman–Crippen LogP) is 4.20. The lowest BCUT2D eigenvalue weighted by Crippen LogP contribution is -2.22.